The fraction of sp³-hybridized carbons (Fsp3) is 0.455. The fourth-order valence-corrected chi connectivity index (χ4v) is 6.09. The van der Waals surface area contributed by atoms with E-state index in [1.807, 2.05) is 44.3 Å². The van der Waals surface area contributed by atoms with Crippen molar-refractivity contribution in [1.29, 1.82) is 0 Å². The molecule has 0 aliphatic carbocycles. The third kappa shape index (κ3) is 1.80. The van der Waals surface area contributed by atoms with Crippen LogP contribution >= 0.6 is 0 Å². The second kappa shape index (κ2) is 5.78. The van der Waals surface area contributed by atoms with E-state index >= 15 is 0 Å². The molecule has 5 heterocycles. The highest BCUT2D eigenvalue weighted by Crippen LogP contribution is 2.59. The number of rotatable bonds is 2. The van der Waals surface area contributed by atoms with Crippen molar-refractivity contribution >= 4 is 22.7 Å². The minimum Gasteiger partial charge on any atom is -0.468 e. The van der Waals surface area contributed by atoms with Crippen LogP contribution in [-0.2, 0) is 16.6 Å². The number of ketones is 1. The van der Waals surface area contributed by atoms with E-state index < -0.39 is 24.0 Å². The fourth-order valence-electron chi connectivity index (χ4n) is 6.09. The molecule has 6 nitrogen and oxygen atoms in total. The van der Waals surface area contributed by atoms with Gasteiger partial charge in [0.1, 0.15) is 5.41 Å². The summed E-state index contributed by atoms with van der Waals surface area (Å²) in [6.07, 6.45) is 2.71. The van der Waals surface area contributed by atoms with Gasteiger partial charge >= 0.3 is 5.97 Å². The van der Waals surface area contributed by atoms with Gasteiger partial charge in [-0.2, -0.15) is 0 Å². The number of Topliss-reactive ketones (excluding diaryl/α,β-unsaturated/α-hetero) is 1. The first-order chi connectivity index (χ1) is 13.5. The van der Waals surface area contributed by atoms with E-state index in [1.54, 1.807) is 0 Å². The summed E-state index contributed by atoms with van der Waals surface area (Å²) in [5, 5.41) is 11.4. The molecule has 3 saturated heterocycles. The number of fused-ring (bicyclic) bond motifs is 4. The van der Waals surface area contributed by atoms with Crippen LogP contribution < -0.4 is 0 Å². The Bertz CT molecular complexity index is 1050. The van der Waals surface area contributed by atoms with Crippen molar-refractivity contribution in [1.82, 2.24) is 9.47 Å². The van der Waals surface area contributed by atoms with Crippen LogP contribution in [-0.4, -0.2) is 52.6 Å². The summed E-state index contributed by atoms with van der Waals surface area (Å²) in [6, 6.07) is 7.25. The number of benzene rings is 1. The number of piperidine rings is 3. The molecule has 28 heavy (non-hydrogen) atoms. The van der Waals surface area contributed by atoms with Crippen molar-refractivity contribution in [3.8, 4) is 0 Å². The topological polar surface area (TPSA) is 71.8 Å². The van der Waals surface area contributed by atoms with Gasteiger partial charge in [-0.3, -0.25) is 14.5 Å². The van der Waals surface area contributed by atoms with E-state index in [2.05, 4.69) is 9.47 Å². The maximum Gasteiger partial charge on any atom is 0.316 e. The van der Waals surface area contributed by atoms with Gasteiger partial charge in [0.2, 0.25) is 0 Å². The number of ether oxygens (including phenoxy) is 1. The Morgan fingerprint density at radius 2 is 2.14 bits per heavy atom. The van der Waals surface area contributed by atoms with Gasteiger partial charge in [-0.25, -0.2) is 0 Å². The molecule has 0 amide bonds. The molecule has 6 heteroatoms. The Morgan fingerprint density at radius 1 is 1.39 bits per heavy atom. The van der Waals surface area contributed by atoms with E-state index in [1.165, 1.54) is 7.11 Å². The Morgan fingerprint density at radius 3 is 2.82 bits per heavy atom. The molecule has 2 aromatic rings. The quantitative estimate of drug-likeness (QED) is 0.639. The zero-order valence-corrected chi connectivity index (χ0v) is 16.3. The van der Waals surface area contributed by atoms with Crippen molar-refractivity contribution in [3.05, 3.63) is 47.2 Å². The van der Waals surface area contributed by atoms with Gasteiger partial charge in [-0.15, -0.1) is 0 Å². The van der Waals surface area contributed by atoms with Gasteiger partial charge in [0.15, 0.2) is 5.78 Å². The van der Waals surface area contributed by atoms with Crippen LogP contribution in [0.3, 0.4) is 0 Å². The van der Waals surface area contributed by atoms with Crippen molar-refractivity contribution in [2.75, 3.05) is 20.3 Å². The van der Waals surface area contributed by atoms with Gasteiger partial charge in [-0.05, 0) is 19.4 Å². The zero-order chi connectivity index (χ0) is 19.8. The summed E-state index contributed by atoms with van der Waals surface area (Å²) in [5.41, 5.74) is 2.59. The highest BCUT2D eigenvalue weighted by Gasteiger charge is 2.68. The van der Waals surface area contributed by atoms with Gasteiger partial charge in [0, 0.05) is 41.7 Å². The van der Waals surface area contributed by atoms with Crippen LogP contribution in [0, 0.1) is 11.3 Å². The third-order valence-corrected chi connectivity index (χ3v) is 7.27. The molecule has 146 valence electrons. The number of aliphatic hydroxyl groups excluding tert-OH is 1. The van der Waals surface area contributed by atoms with E-state index in [0.717, 1.165) is 22.2 Å². The number of carbonyl (C=O) groups excluding carboxylic acids is 2. The van der Waals surface area contributed by atoms with Crippen LogP contribution in [0.4, 0.5) is 0 Å². The molecular formula is C22H24N2O4. The lowest BCUT2D eigenvalue weighted by atomic mass is 9.55. The number of aliphatic hydroxyl groups is 1. The number of methoxy groups -OCH3 is 1. The highest BCUT2D eigenvalue weighted by molar-refractivity contribution is 6.15. The van der Waals surface area contributed by atoms with Crippen LogP contribution in [0.25, 0.3) is 10.9 Å². The number of carbonyl (C=O) groups is 2. The Balaban J connectivity index is 1.82. The number of allylic oxidation sites excluding steroid dienone is 1. The first-order valence-electron chi connectivity index (χ1n) is 9.72. The summed E-state index contributed by atoms with van der Waals surface area (Å²) in [5.74, 6) is -0.781. The first-order valence-corrected chi connectivity index (χ1v) is 9.72. The molecule has 1 aromatic carbocycles. The van der Waals surface area contributed by atoms with Crippen molar-refractivity contribution in [3.63, 3.8) is 0 Å². The molecule has 3 unspecified atom stereocenters. The molecule has 5 atom stereocenters. The summed E-state index contributed by atoms with van der Waals surface area (Å²) >= 11 is 0. The lowest BCUT2D eigenvalue weighted by molar-refractivity contribution is -0.177. The average molecular weight is 380 g/mol. The van der Waals surface area contributed by atoms with Gasteiger partial charge in [0.05, 0.1) is 25.8 Å². The molecule has 0 saturated carbocycles. The summed E-state index contributed by atoms with van der Waals surface area (Å²) in [4.78, 5) is 29.0. The maximum atomic E-state index is 13.8. The SMILES string of the molecule is C/C=C1\CN2C3C(=O)c4c(n(C)c5ccccc45)[C@@H]2C[C@@H]1C3(CO)C(=O)OC. The monoisotopic (exact) mass is 380 g/mol. The Kier molecular flexibility index (Phi) is 3.64. The lowest BCUT2D eigenvalue weighted by Crippen LogP contribution is -2.71. The van der Waals surface area contributed by atoms with Gasteiger partial charge < -0.3 is 14.4 Å². The van der Waals surface area contributed by atoms with Crippen LogP contribution in [0.2, 0.25) is 0 Å². The van der Waals surface area contributed by atoms with Crippen LogP contribution in [0.15, 0.2) is 35.9 Å². The zero-order valence-electron chi connectivity index (χ0n) is 16.3. The average Bonchev–Trinajstić information content (AvgIpc) is 3.04. The van der Waals surface area contributed by atoms with Crippen LogP contribution in [0.1, 0.15) is 35.4 Å². The van der Waals surface area contributed by atoms with Crippen LogP contribution in [0.5, 0.6) is 0 Å². The minimum absolute atomic E-state index is 0.0492. The molecule has 0 radical (unpaired) electrons. The summed E-state index contributed by atoms with van der Waals surface area (Å²) in [7, 11) is 3.34. The van der Waals surface area contributed by atoms with Gasteiger partial charge in [0.25, 0.3) is 0 Å². The number of esters is 1. The predicted molar refractivity (Wildman–Crippen MR) is 104 cm³/mol. The number of hydrogen-bond donors (Lipinski definition) is 1. The Labute approximate surface area is 163 Å². The molecule has 4 bridgehead atoms. The second-order valence-electron chi connectivity index (χ2n) is 8.13. The lowest BCUT2D eigenvalue weighted by Gasteiger charge is -2.61. The van der Waals surface area contributed by atoms with Crippen molar-refractivity contribution in [2.24, 2.45) is 18.4 Å². The van der Waals surface area contributed by atoms with E-state index in [9.17, 15) is 14.7 Å². The molecule has 4 aliphatic heterocycles. The van der Waals surface area contributed by atoms with E-state index in [4.69, 9.17) is 4.74 Å². The molecule has 4 aliphatic rings. The Hall–Kier alpha value is -2.44. The molecule has 1 N–H and O–H groups in total. The molecule has 3 fully saturated rings. The number of nitrogens with zero attached hydrogens (tertiary/aromatic N) is 2. The smallest absolute Gasteiger partial charge is 0.316 e. The van der Waals surface area contributed by atoms with Crippen molar-refractivity contribution in [2.45, 2.75) is 25.4 Å². The number of aromatic nitrogens is 1. The highest BCUT2D eigenvalue weighted by atomic mass is 16.5. The van der Waals surface area contributed by atoms with Gasteiger partial charge in [-0.1, -0.05) is 29.8 Å². The normalized spacial score (nSPS) is 34.7. The standard InChI is InChI=1S/C22H24N2O4/c1-4-12-10-24-16-9-14(12)22(11-25,21(27)28-3)20(24)19(26)17-13-7-5-6-8-15(13)23(2)18(16)17/h4-8,14,16,20,25H,9-11H2,1-3H3/b12-4+/t14-,16-,20?,22?/m0/s1. The predicted octanol–water partition coefficient (Wildman–Crippen LogP) is 2.22. The second-order valence-corrected chi connectivity index (χ2v) is 8.13. The maximum absolute atomic E-state index is 13.8. The molecule has 1 aromatic heterocycles. The molecular weight excluding hydrogens is 356 g/mol. The summed E-state index contributed by atoms with van der Waals surface area (Å²) in [6.45, 7) is 2.19. The first kappa shape index (κ1) is 17.6. The van der Waals surface area contributed by atoms with Crippen molar-refractivity contribution < 1.29 is 19.4 Å². The third-order valence-electron chi connectivity index (χ3n) is 7.27. The number of hydrogen-bond acceptors (Lipinski definition) is 5. The van der Waals surface area contributed by atoms with E-state index in [0.29, 0.717) is 18.5 Å². The molecule has 0 spiro atoms. The van der Waals surface area contributed by atoms with E-state index in [-0.39, 0.29) is 17.7 Å². The molecule has 6 rings (SSSR count). The number of para-hydroxylation sites is 1. The summed E-state index contributed by atoms with van der Waals surface area (Å²) < 4.78 is 7.26. The number of aryl methyl sites for hydroxylation is 1. The minimum atomic E-state index is -1.25. The largest absolute Gasteiger partial charge is 0.468 e.